The summed E-state index contributed by atoms with van der Waals surface area (Å²) in [5, 5.41) is 5.25. The van der Waals surface area contributed by atoms with Gasteiger partial charge in [0.05, 0.1) is 0 Å². The van der Waals surface area contributed by atoms with Crippen LogP contribution in [0.2, 0.25) is 0 Å². The molecule has 1 saturated heterocycles. The van der Waals surface area contributed by atoms with E-state index < -0.39 is 0 Å². The van der Waals surface area contributed by atoms with Gasteiger partial charge in [-0.15, -0.1) is 0 Å². The van der Waals surface area contributed by atoms with Crippen molar-refractivity contribution in [2.24, 2.45) is 5.73 Å². The van der Waals surface area contributed by atoms with Crippen molar-refractivity contribution in [2.75, 3.05) is 6.54 Å². The minimum atomic E-state index is -0.355. The Labute approximate surface area is 77.1 Å². The number of amides is 2. The van der Waals surface area contributed by atoms with Gasteiger partial charge in [-0.25, -0.2) is 0 Å². The van der Waals surface area contributed by atoms with Gasteiger partial charge in [-0.2, -0.15) is 0 Å². The molecule has 0 radical (unpaired) electrons. The molecule has 13 heavy (non-hydrogen) atoms. The topological polar surface area (TPSA) is 84.2 Å². The lowest BCUT2D eigenvalue weighted by Gasteiger charge is -2.12. The van der Waals surface area contributed by atoms with Crippen molar-refractivity contribution in [3.63, 3.8) is 0 Å². The van der Waals surface area contributed by atoms with Crippen molar-refractivity contribution in [3.8, 4) is 0 Å². The van der Waals surface area contributed by atoms with Crippen LogP contribution in [0.25, 0.3) is 0 Å². The number of nitrogens with one attached hydrogen (secondary N) is 2. The molecule has 5 heteroatoms. The Kier molecular flexibility index (Phi) is 3.25. The normalized spacial score (nSPS) is 23.8. The molecule has 2 atom stereocenters. The molecule has 1 aliphatic rings. The molecule has 4 N–H and O–H groups in total. The summed E-state index contributed by atoms with van der Waals surface area (Å²) in [5.41, 5.74) is 5.46. The van der Waals surface area contributed by atoms with Gasteiger partial charge < -0.3 is 16.4 Å². The Morgan fingerprint density at radius 3 is 3.00 bits per heavy atom. The van der Waals surface area contributed by atoms with Crippen molar-refractivity contribution < 1.29 is 9.59 Å². The largest absolute Gasteiger partial charge is 0.353 e. The van der Waals surface area contributed by atoms with Crippen LogP contribution in [0.5, 0.6) is 0 Å². The zero-order chi connectivity index (χ0) is 9.84. The average molecular weight is 185 g/mol. The van der Waals surface area contributed by atoms with Crippen LogP contribution < -0.4 is 16.4 Å². The summed E-state index contributed by atoms with van der Waals surface area (Å²) in [6.45, 7) is 2.26. The Balaban J connectivity index is 2.27. The molecule has 2 unspecified atom stereocenters. The molecule has 0 aromatic carbocycles. The summed E-state index contributed by atoms with van der Waals surface area (Å²) >= 11 is 0. The fourth-order valence-corrected chi connectivity index (χ4v) is 1.20. The van der Waals surface area contributed by atoms with E-state index in [2.05, 4.69) is 10.6 Å². The van der Waals surface area contributed by atoms with Gasteiger partial charge >= 0.3 is 0 Å². The van der Waals surface area contributed by atoms with Crippen molar-refractivity contribution in [1.82, 2.24) is 10.6 Å². The second-order valence-electron chi connectivity index (χ2n) is 3.38. The van der Waals surface area contributed by atoms with Gasteiger partial charge in [0, 0.05) is 19.0 Å². The summed E-state index contributed by atoms with van der Waals surface area (Å²) in [5.74, 6) is -0.191. The molecular weight excluding hydrogens is 170 g/mol. The molecule has 0 aliphatic carbocycles. The van der Waals surface area contributed by atoms with E-state index in [1.54, 1.807) is 0 Å². The summed E-state index contributed by atoms with van der Waals surface area (Å²) in [6, 6.07) is -0.410. The van der Waals surface area contributed by atoms with Crippen LogP contribution in [-0.4, -0.2) is 30.4 Å². The number of hydrogen-bond donors (Lipinski definition) is 3. The molecule has 0 aromatic rings. The molecule has 1 fully saturated rings. The maximum absolute atomic E-state index is 11.3. The number of hydrogen-bond acceptors (Lipinski definition) is 3. The second-order valence-corrected chi connectivity index (χ2v) is 3.38. The fourth-order valence-electron chi connectivity index (χ4n) is 1.20. The van der Waals surface area contributed by atoms with Crippen molar-refractivity contribution in [2.45, 2.75) is 31.8 Å². The molecule has 0 spiro atoms. The van der Waals surface area contributed by atoms with E-state index in [4.69, 9.17) is 5.73 Å². The third-order valence-electron chi connectivity index (χ3n) is 1.91. The van der Waals surface area contributed by atoms with E-state index in [-0.39, 0.29) is 23.9 Å². The Bertz CT molecular complexity index is 215. The minimum Gasteiger partial charge on any atom is -0.353 e. The minimum absolute atomic E-state index is 0.0546. The number of carbonyl (C=O) groups excluding carboxylic acids is 2. The van der Waals surface area contributed by atoms with Gasteiger partial charge in [-0.3, -0.25) is 9.59 Å². The van der Waals surface area contributed by atoms with Crippen molar-refractivity contribution in [1.29, 1.82) is 0 Å². The predicted molar refractivity (Wildman–Crippen MR) is 47.8 cm³/mol. The van der Waals surface area contributed by atoms with Gasteiger partial charge in [0.25, 0.3) is 0 Å². The molecule has 74 valence electrons. The summed E-state index contributed by atoms with van der Waals surface area (Å²) < 4.78 is 0. The van der Waals surface area contributed by atoms with Gasteiger partial charge in [-0.05, 0) is 13.3 Å². The van der Waals surface area contributed by atoms with Gasteiger partial charge in [0.15, 0.2) is 0 Å². The van der Waals surface area contributed by atoms with E-state index >= 15 is 0 Å². The maximum Gasteiger partial charge on any atom is 0.242 e. The first kappa shape index (κ1) is 9.98. The molecular formula is C8H15N3O2. The molecule has 0 aromatic heterocycles. The first-order valence-electron chi connectivity index (χ1n) is 4.42. The summed E-state index contributed by atoms with van der Waals surface area (Å²) in [7, 11) is 0. The van der Waals surface area contributed by atoms with Crippen LogP contribution in [0.3, 0.4) is 0 Å². The highest BCUT2D eigenvalue weighted by molar-refractivity contribution is 5.90. The van der Waals surface area contributed by atoms with Crippen LogP contribution in [-0.2, 0) is 9.59 Å². The summed E-state index contributed by atoms with van der Waals surface area (Å²) in [4.78, 5) is 22.1. The van der Waals surface area contributed by atoms with Gasteiger partial charge in [0.2, 0.25) is 11.8 Å². The highest BCUT2D eigenvalue weighted by Crippen LogP contribution is 2.05. The van der Waals surface area contributed by atoms with E-state index in [0.717, 1.165) is 0 Å². The standard InChI is InChI=1S/C8H15N3O2/c1-5(9)4-10-8(13)6-2-3-7(12)11-6/h5-6H,2-4,9H2,1H3,(H,10,13)(H,11,12). The Hall–Kier alpha value is -1.10. The predicted octanol–water partition coefficient (Wildman–Crippen LogP) is -1.27. The first-order valence-corrected chi connectivity index (χ1v) is 4.42. The lowest BCUT2D eigenvalue weighted by molar-refractivity contribution is -0.125. The average Bonchev–Trinajstić information content (AvgIpc) is 2.47. The van der Waals surface area contributed by atoms with E-state index in [1.165, 1.54) is 0 Å². The van der Waals surface area contributed by atoms with Crippen LogP contribution in [0, 0.1) is 0 Å². The van der Waals surface area contributed by atoms with Gasteiger partial charge in [0.1, 0.15) is 6.04 Å². The molecule has 1 rings (SSSR count). The number of nitrogens with two attached hydrogens (primary N) is 1. The van der Waals surface area contributed by atoms with Crippen LogP contribution >= 0.6 is 0 Å². The molecule has 1 aliphatic heterocycles. The zero-order valence-corrected chi connectivity index (χ0v) is 7.67. The Morgan fingerprint density at radius 1 is 1.85 bits per heavy atom. The van der Waals surface area contributed by atoms with E-state index in [9.17, 15) is 9.59 Å². The zero-order valence-electron chi connectivity index (χ0n) is 7.67. The monoisotopic (exact) mass is 185 g/mol. The number of carbonyl (C=O) groups is 2. The quantitative estimate of drug-likeness (QED) is 0.512. The summed E-state index contributed by atoms with van der Waals surface area (Å²) in [6.07, 6.45) is 1.03. The van der Waals surface area contributed by atoms with Crippen LogP contribution in [0.4, 0.5) is 0 Å². The SMILES string of the molecule is CC(N)CNC(=O)C1CCC(=O)N1. The van der Waals surface area contributed by atoms with Crippen molar-refractivity contribution in [3.05, 3.63) is 0 Å². The van der Waals surface area contributed by atoms with Crippen LogP contribution in [0.15, 0.2) is 0 Å². The van der Waals surface area contributed by atoms with E-state index in [0.29, 0.717) is 19.4 Å². The lowest BCUT2D eigenvalue weighted by atomic mass is 10.2. The van der Waals surface area contributed by atoms with E-state index in [1.807, 2.05) is 6.92 Å². The third kappa shape index (κ3) is 3.02. The highest BCUT2D eigenvalue weighted by atomic mass is 16.2. The lowest BCUT2D eigenvalue weighted by Crippen LogP contribution is -2.45. The fraction of sp³-hybridized carbons (Fsp3) is 0.750. The van der Waals surface area contributed by atoms with Gasteiger partial charge in [-0.1, -0.05) is 0 Å². The van der Waals surface area contributed by atoms with Crippen LogP contribution in [0.1, 0.15) is 19.8 Å². The molecule has 0 saturated carbocycles. The first-order chi connectivity index (χ1) is 6.09. The number of rotatable bonds is 3. The molecule has 2 amide bonds. The molecule has 0 bridgehead atoms. The molecule has 5 nitrogen and oxygen atoms in total. The molecule has 1 heterocycles. The Morgan fingerprint density at radius 2 is 2.54 bits per heavy atom. The third-order valence-corrected chi connectivity index (χ3v) is 1.91. The highest BCUT2D eigenvalue weighted by Gasteiger charge is 2.26. The smallest absolute Gasteiger partial charge is 0.242 e. The second kappa shape index (κ2) is 4.23. The maximum atomic E-state index is 11.3. The van der Waals surface area contributed by atoms with Crippen molar-refractivity contribution >= 4 is 11.8 Å².